The molecule has 0 aliphatic rings. The van der Waals surface area contributed by atoms with Crippen molar-refractivity contribution in [2.75, 3.05) is 27.8 Å². The van der Waals surface area contributed by atoms with E-state index in [1.807, 2.05) is 73.8 Å². The van der Waals surface area contributed by atoms with E-state index in [0.29, 0.717) is 13.1 Å². The zero-order valence-corrected chi connectivity index (χ0v) is 18.6. The van der Waals surface area contributed by atoms with E-state index in [9.17, 15) is 4.79 Å². The Hall–Kier alpha value is -3.31. The Bertz CT molecular complexity index is 987. The van der Waals surface area contributed by atoms with Crippen molar-refractivity contribution < 1.29 is 19.2 Å². The molecule has 0 aromatic heterocycles. The van der Waals surface area contributed by atoms with Gasteiger partial charge in [0.1, 0.15) is 18.0 Å². The van der Waals surface area contributed by atoms with Crippen LogP contribution >= 0.6 is 0 Å². The number of aryl methyl sites for hydroxylation is 1. The second-order valence-corrected chi connectivity index (χ2v) is 7.81. The molecule has 0 fully saturated rings. The van der Waals surface area contributed by atoms with Gasteiger partial charge in [-0.1, -0.05) is 54.1 Å². The maximum absolute atomic E-state index is 13.0. The fourth-order valence-electron chi connectivity index (χ4n) is 3.72. The van der Waals surface area contributed by atoms with E-state index in [1.54, 1.807) is 14.2 Å². The number of carbonyl (C=O) groups excluding carboxylic acids is 1. The molecule has 0 heterocycles. The summed E-state index contributed by atoms with van der Waals surface area (Å²) in [5.41, 5.74) is 4.33. The number of likely N-dealkylation sites (N-methyl/N-ethyl adjacent to an activating group) is 1. The summed E-state index contributed by atoms with van der Waals surface area (Å²) in [7, 11) is 5.34. The maximum Gasteiger partial charge on any atom is 0.275 e. The van der Waals surface area contributed by atoms with Gasteiger partial charge in [-0.05, 0) is 42.3 Å². The zero-order valence-electron chi connectivity index (χ0n) is 18.6. The van der Waals surface area contributed by atoms with Crippen molar-refractivity contribution in [3.8, 4) is 11.5 Å². The van der Waals surface area contributed by atoms with Crippen LogP contribution in [0.3, 0.4) is 0 Å². The van der Waals surface area contributed by atoms with Gasteiger partial charge in [0, 0.05) is 5.56 Å². The second kappa shape index (κ2) is 10.6. The van der Waals surface area contributed by atoms with Crippen molar-refractivity contribution in [2.24, 2.45) is 0 Å². The lowest BCUT2D eigenvalue weighted by atomic mass is 9.98. The molecule has 31 heavy (non-hydrogen) atoms. The average Bonchev–Trinajstić information content (AvgIpc) is 2.78. The topological polar surface area (TPSA) is 52.0 Å². The van der Waals surface area contributed by atoms with Crippen LogP contribution in [0.5, 0.6) is 11.5 Å². The second-order valence-electron chi connectivity index (χ2n) is 7.81. The summed E-state index contributed by atoms with van der Waals surface area (Å²) in [6.07, 6.45) is 0. The highest BCUT2D eigenvalue weighted by atomic mass is 16.5. The molecule has 0 bridgehead atoms. The number of hydrogen-bond donors (Lipinski definition) is 2. The van der Waals surface area contributed by atoms with Gasteiger partial charge in [-0.3, -0.25) is 4.79 Å². The monoisotopic (exact) mass is 419 g/mol. The van der Waals surface area contributed by atoms with E-state index in [4.69, 9.17) is 9.47 Å². The highest BCUT2D eigenvalue weighted by molar-refractivity contribution is 5.78. The van der Waals surface area contributed by atoms with Gasteiger partial charge in [-0.25, -0.2) is 0 Å². The number of ether oxygens (including phenoxy) is 2. The van der Waals surface area contributed by atoms with Crippen LogP contribution in [0, 0.1) is 6.92 Å². The minimum absolute atomic E-state index is 0.00575. The Morgan fingerprint density at radius 2 is 1.61 bits per heavy atom. The minimum Gasteiger partial charge on any atom is -0.497 e. The molecule has 1 amide bonds. The molecular formula is C26H31N2O3+. The number of methoxy groups -OCH3 is 2. The van der Waals surface area contributed by atoms with Gasteiger partial charge in [-0.2, -0.15) is 0 Å². The van der Waals surface area contributed by atoms with Crippen molar-refractivity contribution >= 4 is 5.91 Å². The highest BCUT2D eigenvalue weighted by Crippen LogP contribution is 2.24. The predicted octanol–water partition coefficient (Wildman–Crippen LogP) is 2.93. The number of carbonyl (C=O) groups is 1. The molecule has 0 saturated heterocycles. The molecule has 5 nitrogen and oxygen atoms in total. The van der Waals surface area contributed by atoms with Crippen molar-refractivity contribution in [3.05, 3.63) is 95.1 Å². The number of quaternary nitrogens is 1. The van der Waals surface area contributed by atoms with Crippen LogP contribution in [0.2, 0.25) is 0 Å². The van der Waals surface area contributed by atoms with Crippen LogP contribution in [-0.2, 0) is 11.3 Å². The summed E-state index contributed by atoms with van der Waals surface area (Å²) in [4.78, 5) is 14.0. The van der Waals surface area contributed by atoms with Gasteiger partial charge < -0.3 is 19.7 Å². The quantitative estimate of drug-likeness (QED) is 0.561. The van der Waals surface area contributed by atoms with Gasteiger partial charge in [0.2, 0.25) is 0 Å². The third-order valence-corrected chi connectivity index (χ3v) is 5.28. The summed E-state index contributed by atoms with van der Waals surface area (Å²) >= 11 is 0. The Balaban J connectivity index is 1.72. The van der Waals surface area contributed by atoms with Gasteiger partial charge >= 0.3 is 0 Å². The SMILES string of the molecule is COc1ccc([C@H](NC(=O)C[NH+](C)Cc2cc(C)ccc2OC)c2ccccc2)cc1. The Morgan fingerprint density at radius 1 is 0.935 bits per heavy atom. The standard InChI is InChI=1S/C26H30N2O3/c1-19-10-15-24(31-4)22(16-19)17-28(2)18-25(29)27-26(20-8-6-5-7-9-20)21-11-13-23(30-3)14-12-21/h5-16,26H,17-18H2,1-4H3,(H,27,29)/p+1/t26-/m1/s1. The minimum atomic E-state index is -0.221. The van der Waals surface area contributed by atoms with Crippen LogP contribution in [0.25, 0.3) is 0 Å². The molecule has 3 aromatic carbocycles. The van der Waals surface area contributed by atoms with E-state index in [1.165, 1.54) is 5.56 Å². The van der Waals surface area contributed by atoms with Crippen LogP contribution in [-0.4, -0.2) is 33.7 Å². The highest BCUT2D eigenvalue weighted by Gasteiger charge is 2.20. The lowest BCUT2D eigenvalue weighted by molar-refractivity contribution is -0.885. The number of amides is 1. The third-order valence-electron chi connectivity index (χ3n) is 5.28. The summed E-state index contributed by atoms with van der Waals surface area (Å²) in [6.45, 7) is 3.12. The molecule has 2 N–H and O–H groups in total. The number of benzene rings is 3. The summed E-state index contributed by atoms with van der Waals surface area (Å²) in [5, 5.41) is 3.21. The number of hydrogen-bond acceptors (Lipinski definition) is 3. The smallest absolute Gasteiger partial charge is 0.275 e. The molecule has 3 rings (SSSR count). The number of nitrogens with one attached hydrogen (secondary N) is 2. The molecule has 162 valence electrons. The fourth-order valence-corrected chi connectivity index (χ4v) is 3.72. The van der Waals surface area contributed by atoms with Crippen LogP contribution < -0.4 is 19.7 Å². The molecule has 0 aliphatic carbocycles. The van der Waals surface area contributed by atoms with Crippen molar-refractivity contribution in [2.45, 2.75) is 19.5 Å². The summed E-state index contributed by atoms with van der Waals surface area (Å²) < 4.78 is 10.8. The average molecular weight is 420 g/mol. The van der Waals surface area contributed by atoms with Gasteiger partial charge in [0.15, 0.2) is 6.54 Å². The van der Waals surface area contributed by atoms with Crippen molar-refractivity contribution in [1.29, 1.82) is 0 Å². The van der Waals surface area contributed by atoms with Crippen LogP contribution in [0.4, 0.5) is 0 Å². The van der Waals surface area contributed by atoms with Gasteiger partial charge in [0.05, 0.1) is 27.3 Å². The number of rotatable bonds is 9. The molecular weight excluding hydrogens is 388 g/mol. The van der Waals surface area contributed by atoms with Gasteiger partial charge in [0.25, 0.3) is 5.91 Å². The van der Waals surface area contributed by atoms with E-state index >= 15 is 0 Å². The first-order chi connectivity index (χ1) is 15.0. The van der Waals surface area contributed by atoms with Crippen LogP contribution in [0.1, 0.15) is 28.3 Å². The lowest BCUT2D eigenvalue weighted by Gasteiger charge is -2.22. The fraction of sp³-hybridized carbons (Fsp3) is 0.269. The van der Waals surface area contributed by atoms with Crippen molar-refractivity contribution in [3.63, 3.8) is 0 Å². The summed E-state index contributed by atoms with van der Waals surface area (Å²) in [6, 6.07) is 23.7. The lowest BCUT2D eigenvalue weighted by Crippen LogP contribution is -3.08. The van der Waals surface area contributed by atoms with E-state index < -0.39 is 0 Å². The largest absolute Gasteiger partial charge is 0.497 e. The molecule has 0 saturated carbocycles. The van der Waals surface area contributed by atoms with E-state index in [-0.39, 0.29) is 11.9 Å². The third kappa shape index (κ3) is 6.09. The molecule has 5 heteroatoms. The van der Waals surface area contributed by atoms with Crippen molar-refractivity contribution in [1.82, 2.24) is 5.32 Å². The summed E-state index contributed by atoms with van der Waals surface area (Å²) in [5.74, 6) is 1.64. The van der Waals surface area contributed by atoms with Crippen LogP contribution in [0.15, 0.2) is 72.8 Å². The first-order valence-electron chi connectivity index (χ1n) is 10.4. The molecule has 1 unspecified atom stereocenters. The Labute approximate surface area is 184 Å². The Kier molecular flexibility index (Phi) is 7.68. The Morgan fingerprint density at radius 3 is 2.26 bits per heavy atom. The first kappa shape index (κ1) is 22.4. The predicted molar refractivity (Wildman–Crippen MR) is 123 cm³/mol. The van der Waals surface area contributed by atoms with E-state index in [0.717, 1.165) is 33.1 Å². The molecule has 0 radical (unpaired) electrons. The van der Waals surface area contributed by atoms with Gasteiger partial charge in [-0.15, -0.1) is 0 Å². The maximum atomic E-state index is 13.0. The first-order valence-corrected chi connectivity index (χ1v) is 10.4. The zero-order chi connectivity index (χ0) is 22.2. The molecule has 0 aliphatic heterocycles. The van der Waals surface area contributed by atoms with E-state index in [2.05, 4.69) is 18.3 Å². The normalized spacial score (nSPS) is 12.6. The molecule has 0 spiro atoms. The molecule has 3 aromatic rings. The molecule has 2 atom stereocenters.